The number of carboxylic acids is 1. The second-order valence-electron chi connectivity index (χ2n) is 4.74. The van der Waals surface area contributed by atoms with Crippen LogP contribution in [0.4, 0.5) is 0 Å². The first-order chi connectivity index (χ1) is 9.06. The lowest BCUT2D eigenvalue weighted by Gasteiger charge is -2.27. The van der Waals surface area contributed by atoms with Crippen LogP contribution in [0, 0.1) is 5.92 Å². The first-order valence-electron chi connectivity index (χ1n) is 6.21. The maximum absolute atomic E-state index is 12.0. The summed E-state index contributed by atoms with van der Waals surface area (Å²) in [6, 6.07) is 3.22. The summed E-state index contributed by atoms with van der Waals surface area (Å²) in [4.78, 5) is 27.0. The molecule has 0 aromatic carbocycles. The van der Waals surface area contributed by atoms with Gasteiger partial charge in [0.05, 0.1) is 5.92 Å². The molecule has 2 rings (SSSR count). The Morgan fingerprint density at radius 1 is 1.42 bits per heavy atom. The Bertz CT molecular complexity index is 493. The van der Waals surface area contributed by atoms with Crippen LogP contribution in [0.3, 0.4) is 0 Å². The monoisotopic (exact) mass is 326 g/mol. The summed E-state index contributed by atoms with van der Waals surface area (Å²) in [7, 11) is 0. The minimum atomic E-state index is -0.773. The summed E-state index contributed by atoms with van der Waals surface area (Å²) in [6.07, 6.45) is 4.43. The van der Waals surface area contributed by atoms with Gasteiger partial charge in [-0.3, -0.25) is 9.59 Å². The van der Waals surface area contributed by atoms with Crippen molar-refractivity contribution in [2.45, 2.75) is 31.7 Å². The quantitative estimate of drug-likeness (QED) is 0.835. The molecule has 0 spiro atoms. The molecular weight excluding hydrogens is 312 g/mol. The third kappa shape index (κ3) is 3.76. The fourth-order valence-electron chi connectivity index (χ4n) is 2.36. The maximum Gasteiger partial charge on any atom is 0.306 e. The molecule has 2 N–H and O–H groups in total. The number of halogens is 1. The lowest BCUT2D eigenvalue weighted by atomic mass is 9.85. The Balaban J connectivity index is 1.97. The molecule has 2 atom stereocenters. The molecule has 1 heterocycles. The van der Waals surface area contributed by atoms with Gasteiger partial charge < -0.3 is 10.4 Å². The van der Waals surface area contributed by atoms with Crippen molar-refractivity contribution in [2.24, 2.45) is 5.92 Å². The van der Waals surface area contributed by atoms with E-state index >= 15 is 0 Å². The molecule has 0 radical (unpaired) electrons. The van der Waals surface area contributed by atoms with E-state index in [1.807, 2.05) is 0 Å². The standard InChI is InChI=1S/C13H15BrN2O3/c14-11-7-8(4-5-15-11)12(17)16-10-3-1-2-9(6-10)13(18)19/h4-5,7,9-10H,1-3,6H2,(H,16,17)(H,18,19). The SMILES string of the molecule is O=C(NC1CCCC(C(=O)O)C1)c1ccnc(Br)c1. The van der Waals surface area contributed by atoms with Gasteiger partial charge in [0.1, 0.15) is 4.60 Å². The molecule has 1 amide bonds. The van der Waals surface area contributed by atoms with Crippen LogP contribution in [0.5, 0.6) is 0 Å². The summed E-state index contributed by atoms with van der Waals surface area (Å²) in [5, 5.41) is 11.9. The number of aromatic nitrogens is 1. The molecule has 1 fully saturated rings. The Labute approximate surface area is 119 Å². The van der Waals surface area contributed by atoms with E-state index < -0.39 is 5.97 Å². The number of aliphatic carboxylic acids is 1. The summed E-state index contributed by atoms with van der Waals surface area (Å²) >= 11 is 3.22. The van der Waals surface area contributed by atoms with Gasteiger partial charge in [0.2, 0.25) is 0 Å². The van der Waals surface area contributed by atoms with Gasteiger partial charge in [-0.15, -0.1) is 0 Å². The van der Waals surface area contributed by atoms with Crippen LogP contribution >= 0.6 is 15.9 Å². The maximum atomic E-state index is 12.0. The van der Waals surface area contributed by atoms with Crippen LogP contribution in [0.25, 0.3) is 0 Å². The molecule has 6 heteroatoms. The van der Waals surface area contributed by atoms with Gasteiger partial charge in [0.15, 0.2) is 0 Å². The lowest BCUT2D eigenvalue weighted by Crippen LogP contribution is -2.39. The molecular formula is C13H15BrN2O3. The minimum Gasteiger partial charge on any atom is -0.481 e. The highest BCUT2D eigenvalue weighted by Crippen LogP contribution is 2.24. The average Bonchev–Trinajstić information content (AvgIpc) is 2.39. The zero-order valence-electron chi connectivity index (χ0n) is 10.3. The average molecular weight is 327 g/mol. The fraction of sp³-hybridized carbons (Fsp3) is 0.462. The van der Waals surface area contributed by atoms with E-state index in [9.17, 15) is 9.59 Å². The summed E-state index contributed by atoms with van der Waals surface area (Å²) in [5.41, 5.74) is 0.527. The zero-order chi connectivity index (χ0) is 13.8. The van der Waals surface area contributed by atoms with Crippen molar-refractivity contribution in [1.29, 1.82) is 0 Å². The fourth-order valence-corrected chi connectivity index (χ4v) is 2.72. The van der Waals surface area contributed by atoms with E-state index in [-0.39, 0.29) is 17.9 Å². The van der Waals surface area contributed by atoms with Gasteiger partial charge in [-0.2, -0.15) is 0 Å². The molecule has 1 aromatic rings. The van der Waals surface area contributed by atoms with Gasteiger partial charge in [-0.25, -0.2) is 4.98 Å². The van der Waals surface area contributed by atoms with Crippen LogP contribution in [0.15, 0.2) is 22.9 Å². The van der Waals surface area contributed by atoms with Crippen molar-refractivity contribution in [2.75, 3.05) is 0 Å². The second-order valence-corrected chi connectivity index (χ2v) is 5.55. The minimum absolute atomic E-state index is 0.0608. The van der Waals surface area contributed by atoms with Gasteiger partial charge in [0.25, 0.3) is 5.91 Å². The number of carboxylic acid groups (broad SMARTS) is 1. The first kappa shape index (κ1) is 14.0. The predicted molar refractivity (Wildman–Crippen MR) is 72.8 cm³/mol. The third-order valence-corrected chi connectivity index (χ3v) is 3.78. The molecule has 1 aromatic heterocycles. The largest absolute Gasteiger partial charge is 0.481 e. The molecule has 102 valence electrons. The number of nitrogens with zero attached hydrogens (tertiary/aromatic N) is 1. The van der Waals surface area contributed by atoms with Crippen LogP contribution in [0.2, 0.25) is 0 Å². The number of pyridine rings is 1. The van der Waals surface area contributed by atoms with E-state index in [0.29, 0.717) is 23.0 Å². The van der Waals surface area contributed by atoms with Gasteiger partial charge in [0, 0.05) is 17.8 Å². The number of rotatable bonds is 3. The number of hydrogen-bond donors (Lipinski definition) is 2. The smallest absolute Gasteiger partial charge is 0.306 e. The highest BCUT2D eigenvalue weighted by molar-refractivity contribution is 9.10. The van der Waals surface area contributed by atoms with Crippen molar-refractivity contribution in [1.82, 2.24) is 10.3 Å². The molecule has 0 bridgehead atoms. The van der Waals surface area contributed by atoms with Crippen molar-refractivity contribution < 1.29 is 14.7 Å². The van der Waals surface area contributed by atoms with Crippen LogP contribution in [-0.2, 0) is 4.79 Å². The highest BCUT2D eigenvalue weighted by atomic mass is 79.9. The van der Waals surface area contributed by atoms with Crippen LogP contribution in [0.1, 0.15) is 36.0 Å². The molecule has 2 unspecified atom stereocenters. The first-order valence-corrected chi connectivity index (χ1v) is 7.01. The second kappa shape index (κ2) is 6.14. The lowest BCUT2D eigenvalue weighted by molar-refractivity contribution is -0.143. The van der Waals surface area contributed by atoms with Gasteiger partial charge >= 0.3 is 5.97 Å². The molecule has 1 saturated carbocycles. The van der Waals surface area contributed by atoms with Crippen molar-refractivity contribution in [3.8, 4) is 0 Å². The summed E-state index contributed by atoms with van der Waals surface area (Å²) in [5.74, 6) is -1.30. The van der Waals surface area contributed by atoms with Crippen LogP contribution in [-0.4, -0.2) is 28.0 Å². The number of carbonyl (C=O) groups is 2. The Kier molecular flexibility index (Phi) is 4.52. The van der Waals surface area contributed by atoms with E-state index in [1.165, 1.54) is 0 Å². The Hall–Kier alpha value is -1.43. The molecule has 1 aliphatic rings. The number of amides is 1. The molecule has 1 aliphatic carbocycles. The topological polar surface area (TPSA) is 79.3 Å². The van der Waals surface area contributed by atoms with E-state index in [2.05, 4.69) is 26.2 Å². The number of carbonyl (C=O) groups excluding carboxylic acids is 1. The highest BCUT2D eigenvalue weighted by Gasteiger charge is 2.27. The number of nitrogens with one attached hydrogen (secondary N) is 1. The molecule has 5 nitrogen and oxygen atoms in total. The predicted octanol–water partition coefficient (Wildman–Crippen LogP) is 2.22. The summed E-state index contributed by atoms with van der Waals surface area (Å²) in [6.45, 7) is 0. The van der Waals surface area contributed by atoms with E-state index in [4.69, 9.17) is 5.11 Å². The molecule has 0 aliphatic heterocycles. The van der Waals surface area contributed by atoms with Crippen molar-refractivity contribution >= 4 is 27.8 Å². The van der Waals surface area contributed by atoms with Crippen molar-refractivity contribution in [3.05, 3.63) is 28.5 Å². The van der Waals surface area contributed by atoms with E-state index in [0.717, 1.165) is 12.8 Å². The van der Waals surface area contributed by atoms with Crippen LogP contribution < -0.4 is 5.32 Å². The van der Waals surface area contributed by atoms with E-state index in [1.54, 1.807) is 18.3 Å². The van der Waals surface area contributed by atoms with Crippen molar-refractivity contribution in [3.63, 3.8) is 0 Å². The number of hydrogen-bond acceptors (Lipinski definition) is 3. The molecule has 19 heavy (non-hydrogen) atoms. The molecule has 0 saturated heterocycles. The third-order valence-electron chi connectivity index (χ3n) is 3.35. The summed E-state index contributed by atoms with van der Waals surface area (Å²) < 4.78 is 0.604. The van der Waals surface area contributed by atoms with Gasteiger partial charge in [-0.1, -0.05) is 6.42 Å². The Morgan fingerprint density at radius 3 is 2.89 bits per heavy atom. The normalized spacial score (nSPS) is 22.8. The van der Waals surface area contributed by atoms with Gasteiger partial charge in [-0.05, 0) is 47.3 Å². The Morgan fingerprint density at radius 2 is 2.21 bits per heavy atom. The zero-order valence-corrected chi connectivity index (χ0v) is 11.9.